The van der Waals surface area contributed by atoms with Crippen LogP contribution in [0.3, 0.4) is 0 Å². The zero-order valence-corrected chi connectivity index (χ0v) is 14.0. The van der Waals surface area contributed by atoms with Crippen molar-refractivity contribution < 1.29 is 9.53 Å². The molecule has 1 heterocycles. The van der Waals surface area contributed by atoms with Crippen molar-refractivity contribution in [2.75, 3.05) is 13.7 Å². The fraction of sp³-hybridized carbons (Fsp3) is 0.412. The van der Waals surface area contributed by atoms with Gasteiger partial charge in [0.15, 0.2) is 0 Å². The number of hydrogen-bond acceptors (Lipinski definition) is 4. The number of benzene rings is 1. The number of ether oxygens (including phenoxy) is 1. The van der Waals surface area contributed by atoms with Crippen molar-refractivity contribution in [2.45, 2.75) is 31.7 Å². The molecule has 0 bridgehead atoms. The SMILES string of the molecule is COc1ccc2c(c1)CCC[C@H]2CNC(=O)NCc1nccs1. The van der Waals surface area contributed by atoms with Crippen molar-refractivity contribution in [3.05, 3.63) is 45.9 Å². The molecule has 0 fully saturated rings. The third-order valence-corrected chi connectivity index (χ3v) is 4.96. The number of thiazole rings is 1. The minimum Gasteiger partial charge on any atom is -0.497 e. The van der Waals surface area contributed by atoms with E-state index in [0.29, 0.717) is 19.0 Å². The Labute approximate surface area is 140 Å². The molecule has 1 aromatic heterocycles. The van der Waals surface area contributed by atoms with Crippen LogP contribution in [0.25, 0.3) is 0 Å². The lowest BCUT2D eigenvalue weighted by molar-refractivity contribution is 0.239. The number of rotatable bonds is 5. The molecule has 1 aliphatic rings. The minimum atomic E-state index is -0.138. The Kier molecular flexibility index (Phi) is 5.12. The van der Waals surface area contributed by atoms with Gasteiger partial charge in [0.1, 0.15) is 10.8 Å². The van der Waals surface area contributed by atoms with Gasteiger partial charge in [-0.15, -0.1) is 11.3 Å². The molecule has 2 aromatic rings. The number of aromatic nitrogens is 1. The Bertz CT molecular complexity index is 658. The van der Waals surface area contributed by atoms with Gasteiger partial charge in [0, 0.05) is 24.0 Å². The molecule has 0 aliphatic heterocycles. The number of nitrogens with one attached hydrogen (secondary N) is 2. The second-order valence-electron chi connectivity index (χ2n) is 5.64. The first kappa shape index (κ1) is 15.8. The molecule has 5 nitrogen and oxygen atoms in total. The van der Waals surface area contributed by atoms with Crippen LogP contribution in [-0.2, 0) is 13.0 Å². The summed E-state index contributed by atoms with van der Waals surface area (Å²) in [6.45, 7) is 1.13. The summed E-state index contributed by atoms with van der Waals surface area (Å²) in [5.74, 6) is 1.27. The van der Waals surface area contributed by atoms with Crippen LogP contribution in [0.2, 0.25) is 0 Å². The summed E-state index contributed by atoms with van der Waals surface area (Å²) >= 11 is 1.54. The van der Waals surface area contributed by atoms with E-state index in [-0.39, 0.29) is 6.03 Å². The summed E-state index contributed by atoms with van der Waals surface area (Å²) in [6.07, 6.45) is 5.07. The van der Waals surface area contributed by atoms with Crippen LogP contribution in [0.1, 0.15) is 34.9 Å². The molecule has 6 heteroatoms. The number of hydrogen-bond donors (Lipinski definition) is 2. The van der Waals surface area contributed by atoms with Crippen LogP contribution in [0, 0.1) is 0 Å². The highest BCUT2D eigenvalue weighted by Gasteiger charge is 2.21. The smallest absolute Gasteiger partial charge is 0.315 e. The molecule has 3 rings (SSSR count). The fourth-order valence-electron chi connectivity index (χ4n) is 3.00. The van der Waals surface area contributed by atoms with Gasteiger partial charge in [0.05, 0.1) is 13.7 Å². The first-order valence-corrected chi connectivity index (χ1v) is 8.71. The van der Waals surface area contributed by atoms with Gasteiger partial charge in [-0.25, -0.2) is 9.78 Å². The Morgan fingerprint density at radius 3 is 3.13 bits per heavy atom. The average Bonchev–Trinajstić information content (AvgIpc) is 3.11. The van der Waals surface area contributed by atoms with Crippen LogP contribution in [-0.4, -0.2) is 24.7 Å². The average molecular weight is 331 g/mol. The highest BCUT2D eigenvalue weighted by molar-refractivity contribution is 7.09. The minimum absolute atomic E-state index is 0.138. The summed E-state index contributed by atoms with van der Waals surface area (Å²) in [6, 6.07) is 6.11. The van der Waals surface area contributed by atoms with Crippen LogP contribution in [0.4, 0.5) is 4.79 Å². The highest BCUT2D eigenvalue weighted by Crippen LogP contribution is 2.33. The molecule has 2 N–H and O–H groups in total. The maximum Gasteiger partial charge on any atom is 0.315 e. The molecule has 0 unspecified atom stereocenters. The number of methoxy groups -OCH3 is 1. The Morgan fingerprint density at radius 1 is 1.43 bits per heavy atom. The number of amides is 2. The molecule has 1 aromatic carbocycles. The van der Waals surface area contributed by atoms with Gasteiger partial charge in [-0.1, -0.05) is 6.07 Å². The van der Waals surface area contributed by atoms with E-state index in [0.717, 1.165) is 30.0 Å². The predicted octanol–water partition coefficient (Wildman–Crippen LogP) is 3.07. The summed E-state index contributed by atoms with van der Waals surface area (Å²) in [5, 5.41) is 8.64. The van der Waals surface area contributed by atoms with E-state index in [9.17, 15) is 4.79 Å². The van der Waals surface area contributed by atoms with Gasteiger partial charge >= 0.3 is 6.03 Å². The molecule has 2 amide bonds. The molecule has 1 atom stereocenters. The monoisotopic (exact) mass is 331 g/mol. The lowest BCUT2D eigenvalue weighted by Crippen LogP contribution is -2.38. The summed E-state index contributed by atoms with van der Waals surface area (Å²) in [4.78, 5) is 16.1. The van der Waals surface area contributed by atoms with Crippen molar-refractivity contribution in [3.63, 3.8) is 0 Å². The van der Waals surface area contributed by atoms with E-state index in [4.69, 9.17) is 4.74 Å². The lowest BCUT2D eigenvalue weighted by atomic mass is 9.82. The molecule has 0 spiro atoms. The summed E-state index contributed by atoms with van der Waals surface area (Å²) < 4.78 is 5.30. The van der Waals surface area contributed by atoms with E-state index >= 15 is 0 Å². The highest BCUT2D eigenvalue weighted by atomic mass is 32.1. The standard InChI is InChI=1S/C17H21N3O2S/c1-22-14-5-6-15-12(9-14)3-2-4-13(15)10-19-17(21)20-11-16-18-7-8-23-16/h5-9,13H,2-4,10-11H2,1H3,(H2,19,20,21)/t13-/m0/s1. The first-order valence-electron chi connectivity index (χ1n) is 7.83. The van der Waals surface area contributed by atoms with Gasteiger partial charge in [0.25, 0.3) is 0 Å². The fourth-order valence-corrected chi connectivity index (χ4v) is 3.56. The van der Waals surface area contributed by atoms with E-state index in [1.165, 1.54) is 22.5 Å². The Hall–Kier alpha value is -2.08. The normalized spacial score (nSPS) is 16.5. The van der Waals surface area contributed by atoms with E-state index in [1.54, 1.807) is 13.3 Å². The first-order chi connectivity index (χ1) is 11.3. The molecule has 122 valence electrons. The zero-order chi connectivity index (χ0) is 16.1. The Morgan fingerprint density at radius 2 is 2.35 bits per heavy atom. The molecule has 0 saturated heterocycles. The van der Waals surface area contributed by atoms with Crippen LogP contribution in [0.5, 0.6) is 5.75 Å². The quantitative estimate of drug-likeness (QED) is 0.885. The zero-order valence-electron chi connectivity index (χ0n) is 13.2. The summed E-state index contributed by atoms with van der Waals surface area (Å²) in [5.41, 5.74) is 2.67. The number of carbonyl (C=O) groups is 1. The third-order valence-electron chi connectivity index (χ3n) is 4.18. The number of carbonyl (C=O) groups excluding carboxylic acids is 1. The van der Waals surface area contributed by atoms with Gasteiger partial charge < -0.3 is 15.4 Å². The van der Waals surface area contributed by atoms with E-state index in [2.05, 4.69) is 27.8 Å². The van der Waals surface area contributed by atoms with Crippen molar-refractivity contribution >= 4 is 17.4 Å². The van der Waals surface area contributed by atoms with Gasteiger partial charge in [-0.05, 0) is 42.5 Å². The lowest BCUT2D eigenvalue weighted by Gasteiger charge is -2.26. The topological polar surface area (TPSA) is 63.2 Å². The van der Waals surface area contributed by atoms with Crippen LogP contribution < -0.4 is 15.4 Å². The third kappa shape index (κ3) is 4.01. The molecule has 0 saturated carbocycles. The van der Waals surface area contributed by atoms with Gasteiger partial charge in [0.2, 0.25) is 0 Å². The van der Waals surface area contributed by atoms with Gasteiger partial charge in [-0.2, -0.15) is 0 Å². The van der Waals surface area contributed by atoms with Crippen LogP contribution >= 0.6 is 11.3 Å². The summed E-state index contributed by atoms with van der Waals surface area (Å²) in [7, 11) is 1.69. The largest absolute Gasteiger partial charge is 0.497 e. The van der Waals surface area contributed by atoms with Crippen molar-refractivity contribution in [2.24, 2.45) is 0 Å². The number of urea groups is 1. The maximum atomic E-state index is 11.9. The van der Waals surface area contributed by atoms with Gasteiger partial charge in [-0.3, -0.25) is 0 Å². The maximum absolute atomic E-state index is 11.9. The second kappa shape index (κ2) is 7.46. The van der Waals surface area contributed by atoms with Crippen molar-refractivity contribution in [1.82, 2.24) is 15.6 Å². The number of fused-ring (bicyclic) bond motifs is 1. The predicted molar refractivity (Wildman–Crippen MR) is 91.0 cm³/mol. The van der Waals surface area contributed by atoms with E-state index < -0.39 is 0 Å². The van der Waals surface area contributed by atoms with Crippen molar-refractivity contribution in [1.29, 1.82) is 0 Å². The van der Waals surface area contributed by atoms with Crippen LogP contribution in [0.15, 0.2) is 29.8 Å². The molecule has 1 aliphatic carbocycles. The van der Waals surface area contributed by atoms with E-state index in [1.807, 2.05) is 11.4 Å². The number of nitrogens with zero attached hydrogens (tertiary/aromatic N) is 1. The number of aryl methyl sites for hydroxylation is 1. The molecule has 0 radical (unpaired) electrons. The molecular weight excluding hydrogens is 310 g/mol. The molecular formula is C17H21N3O2S. The van der Waals surface area contributed by atoms with Crippen molar-refractivity contribution in [3.8, 4) is 5.75 Å². The Balaban J connectivity index is 1.54. The second-order valence-corrected chi connectivity index (χ2v) is 6.62. The molecule has 23 heavy (non-hydrogen) atoms.